The minimum Gasteiger partial charge on any atom is -0.493 e. The molecule has 0 fully saturated rings. The van der Waals surface area contributed by atoms with E-state index in [4.69, 9.17) is 21.1 Å². The van der Waals surface area contributed by atoms with Crippen LogP contribution in [-0.4, -0.2) is 13.4 Å². The van der Waals surface area contributed by atoms with Gasteiger partial charge in [-0.2, -0.15) is 0 Å². The number of carbonyl (C=O) groups excluding carboxylic acids is 1. The van der Waals surface area contributed by atoms with Gasteiger partial charge in [-0.15, -0.1) is 0 Å². The minimum absolute atomic E-state index is 0.346. The molecule has 4 heteroatoms. The van der Waals surface area contributed by atoms with Crippen LogP contribution in [0, 0.1) is 0 Å². The van der Waals surface area contributed by atoms with E-state index in [2.05, 4.69) is 0 Å². The second-order valence-corrected chi connectivity index (χ2v) is 4.32. The first-order valence-corrected chi connectivity index (χ1v) is 6.12. The molecule has 0 aromatic heterocycles. The van der Waals surface area contributed by atoms with Gasteiger partial charge in [-0.1, -0.05) is 41.9 Å². The average Bonchev–Trinajstić information content (AvgIpc) is 2.46. The molecule has 0 aliphatic carbocycles. The predicted octanol–water partition coefficient (Wildman–Crippen LogP) is 3.74. The molecule has 2 aromatic carbocycles. The maximum absolute atomic E-state index is 10.8. The Kier molecular flexibility index (Phi) is 4.42. The lowest BCUT2D eigenvalue weighted by Crippen LogP contribution is -1.98. The molecule has 0 saturated carbocycles. The predicted molar refractivity (Wildman–Crippen MR) is 74.2 cm³/mol. The summed E-state index contributed by atoms with van der Waals surface area (Å²) in [5.74, 6) is 1.00. The summed E-state index contributed by atoms with van der Waals surface area (Å²) < 4.78 is 10.9. The second kappa shape index (κ2) is 6.25. The van der Waals surface area contributed by atoms with Gasteiger partial charge in [-0.3, -0.25) is 4.79 Å². The minimum atomic E-state index is 0.346. The molecule has 98 valence electrons. The molecule has 2 rings (SSSR count). The molecule has 3 nitrogen and oxygen atoms in total. The third-order valence-corrected chi connectivity index (χ3v) is 2.97. The van der Waals surface area contributed by atoms with E-state index in [1.807, 2.05) is 30.3 Å². The molecule has 0 saturated heterocycles. The number of ether oxygens (including phenoxy) is 2. The van der Waals surface area contributed by atoms with Crippen LogP contribution < -0.4 is 9.47 Å². The lowest BCUT2D eigenvalue weighted by molar-refractivity contribution is 0.112. The van der Waals surface area contributed by atoms with Crippen molar-refractivity contribution in [3.8, 4) is 11.5 Å². The average molecular weight is 277 g/mol. The Morgan fingerprint density at radius 2 is 1.89 bits per heavy atom. The van der Waals surface area contributed by atoms with Crippen LogP contribution in [0.1, 0.15) is 15.9 Å². The zero-order chi connectivity index (χ0) is 13.7. The molecule has 0 heterocycles. The largest absolute Gasteiger partial charge is 0.493 e. The number of halogens is 1. The van der Waals surface area contributed by atoms with Gasteiger partial charge in [0.05, 0.1) is 12.1 Å². The lowest BCUT2D eigenvalue weighted by atomic mass is 10.2. The summed E-state index contributed by atoms with van der Waals surface area (Å²) in [6, 6.07) is 12.9. The van der Waals surface area contributed by atoms with Gasteiger partial charge in [-0.05, 0) is 11.6 Å². The fraction of sp³-hybridized carbons (Fsp3) is 0.133. The molecule has 0 amide bonds. The van der Waals surface area contributed by atoms with Gasteiger partial charge >= 0.3 is 0 Å². The summed E-state index contributed by atoms with van der Waals surface area (Å²) in [5.41, 5.74) is 1.42. The summed E-state index contributed by atoms with van der Waals surface area (Å²) in [5, 5.41) is 0.346. The van der Waals surface area contributed by atoms with Gasteiger partial charge in [0.2, 0.25) is 0 Å². The topological polar surface area (TPSA) is 35.5 Å². The fourth-order valence-electron chi connectivity index (χ4n) is 1.65. The zero-order valence-electron chi connectivity index (χ0n) is 10.4. The summed E-state index contributed by atoms with van der Waals surface area (Å²) in [7, 11) is 1.52. The molecule has 0 radical (unpaired) electrons. The number of hydrogen-bond donors (Lipinski definition) is 0. The monoisotopic (exact) mass is 276 g/mol. The maximum Gasteiger partial charge on any atom is 0.163 e. The summed E-state index contributed by atoms with van der Waals surface area (Å²) in [4.78, 5) is 10.8. The van der Waals surface area contributed by atoms with Crippen LogP contribution >= 0.6 is 11.6 Å². The molecular formula is C15H13ClO3. The van der Waals surface area contributed by atoms with Crippen molar-refractivity contribution in [2.45, 2.75) is 6.61 Å². The quantitative estimate of drug-likeness (QED) is 0.781. The number of benzene rings is 2. The van der Waals surface area contributed by atoms with Gasteiger partial charge in [0, 0.05) is 11.6 Å². The summed E-state index contributed by atoms with van der Waals surface area (Å²) in [6.07, 6.45) is 0.686. The van der Waals surface area contributed by atoms with Crippen molar-refractivity contribution in [1.29, 1.82) is 0 Å². The summed E-state index contributed by atoms with van der Waals surface area (Å²) in [6.45, 7) is 0.411. The maximum atomic E-state index is 10.8. The Labute approximate surface area is 116 Å². The van der Waals surface area contributed by atoms with Crippen molar-refractivity contribution in [3.63, 3.8) is 0 Å². The third-order valence-electron chi connectivity index (χ3n) is 2.65. The third kappa shape index (κ3) is 3.26. The highest BCUT2D eigenvalue weighted by Crippen LogP contribution is 2.33. The first kappa shape index (κ1) is 13.4. The van der Waals surface area contributed by atoms with Crippen LogP contribution in [0.25, 0.3) is 0 Å². The van der Waals surface area contributed by atoms with Crippen molar-refractivity contribution in [2.24, 2.45) is 0 Å². The van der Waals surface area contributed by atoms with E-state index in [1.54, 1.807) is 12.1 Å². The van der Waals surface area contributed by atoms with Crippen LogP contribution in [0.15, 0.2) is 42.5 Å². The molecule has 0 unspecified atom stereocenters. The zero-order valence-corrected chi connectivity index (χ0v) is 11.2. The van der Waals surface area contributed by atoms with Gasteiger partial charge in [-0.25, -0.2) is 0 Å². The molecule has 2 aromatic rings. The van der Waals surface area contributed by atoms with E-state index in [9.17, 15) is 4.79 Å². The van der Waals surface area contributed by atoms with Gasteiger partial charge < -0.3 is 9.47 Å². The van der Waals surface area contributed by atoms with Crippen LogP contribution in [0.4, 0.5) is 0 Å². The molecule has 0 bridgehead atoms. The van der Waals surface area contributed by atoms with E-state index in [1.165, 1.54) is 7.11 Å². The molecular weight excluding hydrogens is 264 g/mol. The Hall–Kier alpha value is -2.00. The number of rotatable bonds is 5. The van der Waals surface area contributed by atoms with Crippen molar-refractivity contribution in [1.82, 2.24) is 0 Å². The molecule has 0 aliphatic rings. The Morgan fingerprint density at radius 1 is 1.16 bits per heavy atom. The Bertz CT molecular complexity index is 567. The van der Waals surface area contributed by atoms with Crippen LogP contribution in [0.5, 0.6) is 11.5 Å². The van der Waals surface area contributed by atoms with Gasteiger partial charge in [0.15, 0.2) is 17.8 Å². The molecule has 19 heavy (non-hydrogen) atoms. The van der Waals surface area contributed by atoms with Crippen molar-refractivity contribution in [2.75, 3.05) is 7.11 Å². The highest BCUT2D eigenvalue weighted by molar-refractivity contribution is 6.33. The van der Waals surface area contributed by atoms with Gasteiger partial charge in [0.25, 0.3) is 0 Å². The summed E-state index contributed by atoms with van der Waals surface area (Å²) >= 11 is 5.97. The highest BCUT2D eigenvalue weighted by Gasteiger charge is 2.10. The van der Waals surface area contributed by atoms with Crippen LogP contribution in [0.3, 0.4) is 0 Å². The fourth-order valence-corrected chi connectivity index (χ4v) is 1.85. The van der Waals surface area contributed by atoms with Crippen molar-refractivity contribution >= 4 is 17.9 Å². The van der Waals surface area contributed by atoms with Gasteiger partial charge in [0.1, 0.15) is 6.61 Å². The molecule has 0 N–H and O–H groups in total. The first-order chi connectivity index (χ1) is 9.24. The molecule has 0 spiro atoms. The van der Waals surface area contributed by atoms with E-state index in [0.29, 0.717) is 35.0 Å². The van der Waals surface area contributed by atoms with Crippen LogP contribution in [-0.2, 0) is 6.61 Å². The smallest absolute Gasteiger partial charge is 0.163 e. The SMILES string of the molecule is COc1cc(C=O)c(Cl)cc1OCc1ccccc1. The number of hydrogen-bond acceptors (Lipinski definition) is 3. The Balaban J connectivity index is 2.20. The van der Waals surface area contributed by atoms with Crippen molar-refractivity contribution < 1.29 is 14.3 Å². The van der Waals surface area contributed by atoms with E-state index < -0.39 is 0 Å². The molecule has 0 aliphatic heterocycles. The Morgan fingerprint density at radius 3 is 2.53 bits per heavy atom. The van der Waals surface area contributed by atoms with E-state index in [-0.39, 0.29) is 0 Å². The standard InChI is InChI=1S/C15H13ClO3/c1-18-14-7-12(9-17)13(16)8-15(14)19-10-11-5-3-2-4-6-11/h2-9H,10H2,1H3. The van der Waals surface area contributed by atoms with Crippen LogP contribution in [0.2, 0.25) is 5.02 Å². The van der Waals surface area contributed by atoms with Crippen molar-refractivity contribution in [3.05, 3.63) is 58.6 Å². The molecule has 0 atom stereocenters. The van der Waals surface area contributed by atoms with E-state index in [0.717, 1.165) is 5.56 Å². The number of methoxy groups -OCH3 is 1. The normalized spacial score (nSPS) is 10.0. The second-order valence-electron chi connectivity index (χ2n) is 3.92. The number of aldehydes is 1. The first-order valence-electron chi connectivity index (χ1n) is 5.74. The number of carbonyl (C=O) groups is 1. The highest BCUT2D eigenvalue weighted by atomic mass is 35.5. The lowest BCUT2D eigenvalue weighted by Gasteiger charge is -2.12. The van der Waals surface area contributed by atoms with E-state index >= 15 is 0 Å².